The first kappa shape index (κ1) is 18.9. The van der Waals surface area contributed by atoms with Crippen molar-refractivity contribution in [1.82, 2.24) is 9.80 Å². The van der Waals surface area contributed by atoms with E-state index in [1.54, 1.807) is 0 Å². The molecule has 4 nitrogen and oxygen atoms in total. The number of likely N-dealkylation sites (tertiary alicyclic amines) is 2. The van der Waals surface area contributed by atoms with Crippen LogP contribution in [0, 0.1) is 18.3 Å². The Morgan fingerprint density at radius 2 is 1.88 bits per heavy atom. The average Bonchev–Trinajstić information content (AvgIpc) is 3.09. The number of hydrogen-bond acceptors (Lipinski definition) is 5. The number of aliphatic hydroxyl groups is 1. The third-order valence-electron chi connectivity index (χ3n) is 7.17. The van der Waals surface area contributed by atoms with Gasteiger partial charge >= 0.3 is 0 Å². The van der Waals surface area contributed by atoms with Gasteiger partial charge in [0.05, 0.1) is 0 Å². The molecule has 1 aromatic rings. The van der Waals surface area contributed by atoms with Crippen LogP contribution >= 0.6 is 11.3 Å². The summed E-state index contributed by atoms with van der Waals surface area (Å²) in [5.74, 6) is 0.449. The summed E-state index contributed by atoms with van der Waals surface area (Å²) in [5.41, 5.74) is 0.373. The molecule has 3 aliphatic heterocycles. The number of aryl methyl sites for hydroxylation is 1. The van der Waals surface area contributed by atoms with Gasteiger partial charge in [0.15, 0.2) is 0 Å². The molecule has 1 N–H and O–H groups in total. The second-order valence-corrected chi connectivity index (χ2v) is 9.99. The van der Waals surface area contributed by atoms with Gasteiger partial charge in [-0.05, 0) is 76.2 Å². The van der Waals surface area contributed by atoms with Gasteiger partial charge in [-0.3, -0.25) is 9.80 Å². The number of rotatable bonds is 4. The Morgan fingerprint density at radius 1 is 1.15 bits per heavy atom. The third kappa shape index (κ3) is 4.02. The van der Waals surface area contributed by atoms with Gasteiger partial charge in [-0.1, -0.05) is 0 Å². The smallest absolute Gasteiger partial charge is 0.0480 e. The van der Waals surface area contributed by atoms with E-state index in [1.807, 2.05) is 11.3 Å². The summed E-state index contributed by atoms with van der Waals surface area (Å²) in [7, 11) is 0. The molecule has 3 saturated heterocycles. The lowest BCUT2D eigenvalue weighted by Gasteiger charge is -2.53. The first-order chi connectivity index (χ1) is 12.7. The number of piperidine rings is 2. The van der Waals surface area contributed by atoms with E-state index < -0.39 is 0 Å². The second-order valence-electron chi connectivity index (χ2n) is 8.62. The van der Waals surface area contributed by atoms with Crippen molar-refractivity contribution in [2.45, 2.75) is 51.6 Å². The molecule has 0 bridgehead atoms. The zero-order chi connectivity index (χ0) is 18.0. The zero-order valence-electron chi connectivity index (χ0n) is 16.2. The fourth-order valence-electron chi connectivity index (χ4n) is 5.38. The lowest BCUT2D eigenvalue weighted by Crippen LogP contribution is -2.56. The highest BCUT2D eigenvalue weighted by Gasteiger charge is 2.45. The van der Waals surface area contributed by atoms with Gasteiger partial charge in [0.25, 0.3) is 0 Å². The van der Waals surface area contributed by atoms with Crippen LogP contribution in [0.15, 0.2) is 12.1 Å². The van der Waals surface area contributed by atoms with Gasteiger partial charge in [0, 0.05) is 54.6 Å². The Balaban J connectivity index is 1.33. The van der Waals surface area contributed by atoms with Gasteiger partial charge < -0.3 is 9.84 Å². The monoisotopic (exact) mass is 378 g/mol. The minimum absolute atomic E-state index is 0.351. The van der Waals surface area contributed by atoms with Crippen LogP contribution in [-0.2, 0) is 11.3 Å². The van der Waals surface area contributed by atoms with E-state index in [0.717, 1.165) is 26.3 Å². The summed E-state index contributed by atoms with van der Waals surface area (Å²) in [5, 5.41) is 10.2. The van der Waals surface area contributed by atoms with Gasteiger partial charge in [-0.15, -0.1) is 11.3 Å². The number of aliphatic hydroxyl groups excluding tert-OH is 1. The normalized spacial score (nSPS) is 28.6. The molecule has 4 rings (SSSR count). The molecule has 0 aliphatic carbocycles. The molecule has 0 aromatic carbocycles. The van der Waals surface area contributed by atoms with Gasteiger partial charge in [-0.2, -0.15) is 0 Å². The molecule has 3 aliphatic rings. The van der Waals surface area contributed by atoms with Crippen LogP contribution in [0.1, 0.15) is 41.9 Å². The van der Waals surface area contributed by atoms with E-state index in [9.17, 15) is 5.11 Å². The Morgan fingerprint density at radius 3 is 2.54 bits per heavy atom. The molecule has 5 heteroatoms. The predicted octanol–water partition coefficient (Wildman–Crippen LogP) is 3.13. The summed E-state index contributed by atoms with van der Waals surface area (Å²) in [6, 6.07) is 5.20. The lowest BCUT2D eigenvalue weighted by atomic mass is 9.64. The van der Waals surface area contributed by atoms with Crippen LogP contribution in [0.3, 0.4) is 0 Å². The summed E-state index contributed by atoms with van der Waals surface area (Å²) >= 11 is 1.93. The van der Waals surface area contributed by atoms with Crippen molar-refractivity contribution in [2.24, 2.45) is 11.3 Å². The van der Waals surface area contributed by atoms with Crippen molar-refractivity contribution in [1.29, 1.82) is 0 Å². The number of thiophene rings is 1. The van der Waals surface area contributed by atoms with E-state index in [1.165, 1.54) is 61.5 Å². The van der Waals surface area contributed by atoms with E-state index >= 15 is 0 Å². The van der Waals surface area contributed by atoms with Crippen LogP contribution in [0.25, 0.3) is 0 Å². The van der Waals surface area contributed by atoms with Crippen LogP contribution < -0.4 is 0 Å². The second kappa shape index (κ2) is 8.27. The van der Waals surface area contributed by atoms with Crippen LogP contribution in [-0.4, -0.2) is 66.9 Å². The lowest BCUT2D eigenvalue weighted by molar-refractivity contribution is -0.0669. The first-order valence-corrected chi connectivity index (χ1v) is 11.2. The van der Waals surface area contributed by atoms with Crippen molar-refractivity contribution in [2.75, 3.05) is 46.0 Å². The molecular weight excluding hydrogens is 344 g/mol. The SMILES string of the molecule is Cc1ccc(CN2CCC3(CC2)CCN(C2CCOCC2)C[C@@H]3CO)s1. The third-order valence-corrected chi connectivity index (χ3v) is 8.16. The molecule has 1 spiro atoms. The molecule has 0 saturated carbocycles. The standard InChI is InChI=1S/C21H34N2O2S/c1-17-2-3-20(26-17)15-22-9-6-21(7-10-22)8-11-23(14-18(21)16-24)19-4-12-25-13-5-19/h2-3,18-19,24H,4-16H2,1H3/t18-/m1/s1. The largest absolute Gasteiger partial charge is 0.396 e. The fraction of sp³-hybridized carbons (Fsp3) is 0.810. The molecule has 146 valence electrons. The highest BCUT2D eigenvalue weighted by molar-refractivity contribution is 7.11. The topological polar surface area (TPSA) is 35.9 Å². The predicted molar refractivity (Wildman–Crippen MR) is 107 cm³/mol. The Labute approximate surface area is 162 Å². The summed E-state index contributed by atoms with van der Waals surface area (Å²) in [6.45, 7) is 10.1. The van der Waals surface area contributed by atoms with Crippen molar-refractivity contribution in [3.05, 3.63) is 21.9 Å². The summed E-state index contributed by atoms with van der Waals surface area (Å²) in [4.78, 5) is 8.19. The highest BCUT2D eigenvalue weighted by atomic mass is 32.1. The van der Waals surface area contributed by atoms with Crippen molar-refractivity contribution in [3.8, 4) is 0 Å². The van der Waals surface area contributed by atoms with E-state index in [4.69, 9.17) is 4.74 Å². The number of hydrogen-bond donors (Lipinski definition) is 1. The highest BCUT2D eigenvalue weighted by Crippen LogP contribution is 2.46. The Bertz CT molecular complexity index is 576. The maximum Gasteiger partial charge on any atom is 0.0480 e. The molecule has 0 radical (unpaired) electrons. The molecule has 1 atom stereocenters. The molecule has 1 aromatic heterocycles. The molecule has 0 amide bonds. The molecule has 3 fully saturated rings. The summed E-state index contributed by atoms with van der Waals surface area (Å²) in [6.07, 6.45) is 6.11. The average molecular weight is 379 g/mol. The van der Waals surface area contributed by atoms with Gasteiger partial charge in [-0.25, -0.2) is 0 Å². The molecule has 0 unspecified atom stereocenters. The zero-order valence-corrected chi connectivity index (χ0v) is 17.0. The summed E-state index contributed by atoms with van der Waals surface area (Å²) < 4.78 is 5.53. The van der Waals surface area contributed by atoms with Crippen molar-refractivity contribution >= 4 is 11.3 Å². The maximum atomic E-state index is 10.2. The van der Waals surface area contributed by atoms with Crippen LogP contribution in [0.5, 0.6) is 0 Å². The first-order valence-electron chi connectivity index (χ1n) is 10.4. The Kier molecular flexibility index (Phi) is 6.01. The molecule has 26 heavy (non-hydrogen) atoms. The van der Waals surface area contributed by atoms with Crippen molar-refractivity contribution in [3.63, 3.8) is 0 Å². The minimum Gasteiger partial charge on any atom is -0.396 e. The number of ether oxygens (including phenoxy) is 1. The van der Waals surface area contributed by atoms with Gasteiger partial charge in [0.2, 0.25) is 0 Å². The number of nitrogens with zero attached hydrogens (tertiary/aromatic N) is 2. The minimum atomic E-state index is 0.351. The van der Waals surface area contributed by atoms with E-state index in [-0.39, 0.29) is 0 Å². The van der Waals surface area contributed by atoms with E-state index in [2.05, 4.69) is 28.9 Å². The fourth-order valence-corrected chi connectivity index (χ4v) is 6.31. The molecule has 4 heterocycles. The molecular formula is C21H34N2O2S. The van der Waals surface area contributed by atoms with Crippen LogP contribution in [0.2, 0.25) is 0 Å². The van der Waals surface area contributed by atoms with Crippen LogP contribution in [0.4, 0.5) is 0 Å². The van der Waals surface area contributed by atoms with Crippen molar-refractivity contribution < 1.29 is 9.84 Å². The van der Waals surface area contributed by atoms with Gasteiger partial charge in [0.1, 0.15) is 0 Å². The quantitative estimate of drug-likeness (QED) is 0.873. The van der Waals surface area contributed by atoms with E-state index in [0.29, 0.717) is 24.0 Å². The Hall–Kier alpha value is -0.460. The maximum absolute atomic E-state index is 10.2.